The number of thiophene rings is 1. The highest BCUT2D eigenvalue weighted by atomic mass is 35.5. The summed E-state index contributed by atoms with van der Waals surface area (Å²) in [6, 6.07) is 8.76. The van der Waals surface area contributed by atoms with Gasteiger partial charge in [-0.2, -0.15) is 0 Å². The highest BCUT2D eigenvalue weighted by Crippen LogP contribution is 2.34. The average Bonchev–Trinajstić information content (AvgIpc) is 3.05. The van der Waals surface area contributed by atoms with Crippen molar-refractivity contribution in [2.45, 2.75) is 6.92 Å². The number of nitrogens with one attached hydrogen (secondary N) is 2. The molecule has 3 rings (SSSR count). The fraction of sp³-hybridized carbons (Fsp3) is 0.158. The average molecular weight is 487 g/mol. The topological polar surface area (TPSA) is 97.4 Å². The van der Waals surface area contributed by atoms with Gasteiger partial charge in [0.15, 0.2) is 12.4 Å². The molecule has 0 saturated carbocycles. The molecule has 2 N–H and O–H groups in total. The number of hydrogen-bond acceptors (Lipinski definition) is 6. The number of aromatic nitrogens is 1. The van der Waals surface area contributed by atoms with Crippen molar-refractivity contribution in [3.05, 3.63) is 56.0 Å². The maximum atomic E-state index is 12.3. The van der Waals surface area contributed by atoms with E-state index in [1.165, 1.54) is 17.4 Å². The molecule has 1 aromatic carbocycles. The summed E-state index contributed by atoms with van der Waals surface area (Å²) in [6.07, 6.45) is 0. The zero-order chi connectivity index (χ0) is 21.8. The second kappa shape index (κ2) is 9.61. The van der Waals surface area contributed by atoms with Gasteiger partial charge in [0.25, 0.3) is 11.8 Å². The highest BCUT2D eigenvalue weighted by molar-refractivity contribution is 7.21. The number of anilines is 1. The van der Waals surface area contributed by atoms with E-state index >= 15 is 0 Å². The van der Waals surface area contributed by atoms with Gasteiger partial charge in [-0.1, -0.05) is 53.0 Å². The second-order valence-corrected chi connectivity index (χ2v) is 8.26. The van der Waals surface area contributed by atoms with E-state index < -0.39 is 30.9 Å². The van der Waals surface area contributed by atoms with E-state index in [1.54, 1.807) is 13.0 Å². The van der Waals surface area contributed by atoms with Crippen LogP contribution in [0.1, 0.15) is 15.4 Å². The van der Waals surface area contributed by atoms with Crippen molar-refractivity contribution < 1.29 is 19.1 Å². The van der Waals surface area contributed by atoms with Crippen molar-refractivity contribution in [3.63, 3.8) is 0 Å². The molecule has 7 nitrogen and oxygen atoms in total. The molecule has 2 amide bonds. The summed E-state index contributed by atoms with van der Waals surface area (Å²) in [4.78, 5) is 40.5. The molecule has 0 fully saturated rings. The van der Waals surface area contributed by atoms with Gasteiger partial charge in [0.1, 0.15) is 11.4 Å². The standard InChI is InChI=1S/C19H14Cl3N3O4S/c1-9-11(20)6-12(21)18(24-9)25-14(26)8-29-15(27)7-23-19(28)17-16(22)10-4-2-3-5-13(10)30-17/h2-6H,7-8H2,1H3,(H,23,28)(H,24,25,26). The van der Waals surface area contributed by atoms with Crippen molar-refractivity contribution in [3.8, 4) is 0 Å². The molecule has 0 aliphatic carbocycles. The minimum absolute atomic E-state index is 0.104. The van der Waals surface area contributed by atoms with Crippen LogP contribution in [0.15, 0.2) is 30.3 Å². The molecule has 2 heterocycles. The molecule has 0 aliphatic heterocycles. The van der Waals surface area contributed by atoms with Crippen LogP contribution >= 0.6 is 46.1 Å². The van der Waals surface area contributed by atoms with Gasteiger partial charge in [-0.15, -0.1) is 11.3 Å². The van der Waals surface area contributed by atoms with Crippen LogP contribution in [0.2, 0.25) is 15.1 Å². The lowest BCUT2D eigenvalue weighted by molar-refractivity contribution is -0.146. The Bertz CT molecular complexity index is 1150. The lowest BCUT2D eigenvalue weighted by Crippen LogP contribution is -2.32. The number of fused-ring (bicyclic) bond motifs is 1. The van der Waals surface area contributed by atoms with Crippen molar-refractivity contribution in [2.24, 2.45) is 0 Å². The zero-order valence-electron chi connectivity index (χ0n) is 15.4. The van der Waals surface area contributed by atoms with Crippen molar-refractivity contribution >= 4 is 79.8 Å². The van der Waals surface area contributed by atoms with Crippen LogP contribution in [0.4, 0.5) is 5.82 Å². The van der Waals surface area contributed by atoms with Gasteiger partial charge < -0.3 is 15.4 Å². The predicted octanol–water partition coefficient (Wildman–Crippen LogP) is 4.48. The molecule has 3 aromatic rings. The number of rotatable bonds is 6. The number of halogens is 3. The van der Waals surface area contributed by atoms with Crippen LogP contribution in [0, 0.1) is 6.92 Å². The van der Waals surface area contributed by atoms with Crippen LogP contribution in [-0.4, -0.2) is 35.9 Å². The van der Waals surface area contributed by atoms with Gasteiger partial charge in [-0.3, -0.25) is 14.4 Å². The number of amides is 2. The van der Waals surface area contributed by atoms with E-state index in [4.69, 9.17) is 39.5 Å². The summed E-state index contributed by atoms with van der Waals surface area (Å²) >= 11 is 19.3. The summed E-state index contributed by atoms with van der Waals surface area (Å²) in [5, 5.41) is 6.45. The van der Waals surface area contributed by atoms with Crippen LogP contribution in [0.25, 0.3) is 10.1 Å². The number of pyridine rings is 1. The summed E-state index contributed by atoms with van der Waals surface area (Å²) in [5.74, 6) is -1.83. The van der Waals surface area contributed by atoms with E-state index in [-0.39, 0.29) is 10.8 Å². The molecular formula is C19H14Cl3N3O4S. The van der Waals surface area contributed by atoms with Crippen LogP contribution in [0.5, 0.6) is 0 Å². The summed E-state index contributed by atoms with van der Waals surface area (Å²) in [6.45, 7) is 0.660. The number of nitrogens with zero attached hydrogens (tertiary/aromatic N) is 1. The van der Waals surface area contributed by atoms with E-state index in [1.807, 2.05) is 18.2 Å². The third kappa shape index (κ3) is 5.20. The Morgan fingerprint density at radius 1 is 1.13 bits per heavy atom. The minimum atomic E-state index is -0.790. The van der Waals surface area contributed by atoms with Gasteiger partial charge in [-0.25, -0.2) is 4.98 Å². The molecule has 0 aliphatic rings. The Balaban J connectivity index is 1.50. The highest BCUT2D eigenvalue weighted by Gasteiger charge is 2.18. The maximum absolute atomic E-state index is 12.3. The first-order valence-electron chi connectivity index (χ1n) is 8.49. The Morgan fingerprint density at radius 3 is 2.60 bits per heavy atom. The molecule has 0 bridgehead atoms. The summed E-state index contributed by atoms with van der Waals surface area (Å²) in [7, 11) is 0. The molecule has 0 saturated heterocycles. The third-order valence-electron chi connectivity index (χ3n) is 3.86. The van der Waals surface area contributed by atoms with Gasteiger partial charge in [0.05, 0.1) is 20.8 Å². The molecule has 0 atom stereocenters. The Labute approximate surface area is 190 Å². The predicted molar refractivity (Wildman–Crippen MR) is 118 cm³/mol. The van der Waals surface area contributed by atoms with Crippen LogP contribution < -0.4 is 10.6 Å². The Morgan fingerprint density at radius 2 is 1.87 bits per heavy atom. The lowest BCUT2D eigenvalue weighted by atomic mass is 10.2. The SMILES string of the molecule is Cc1nc(NC(=O)COC(=O)CNC(=O)c2sc3ccccc3c2Cl)c(Cl)cc1Cl. The molecule has 156 valence electrons. The fourth-order valence-corrected chi connectivity index (χ4v) is 4.24. The Kier molecular flexibility index (Phi) is 7.14. The molecule has 11 heteroatoms. The number of carbonyl (C=O) groups excluding carboxylic acids is 3. The van der Waals surface area contributed by atoms with Gasteiger partial charge >= 0.3 is 5.97 Å². The molecule has 0 radical (unpaired) electrons. The molecule has 0 unspecified atom stereocenters. The Hall–Kier alpha value is -2.39. The summed E-state index contributed by atoms with van der Waals surface area (Å²) < 4.78 is 5.71. The lowest BCUT2D eigenvalue weighted by Gasteiger charge is -2.09. The number of aryl methyl sites for hydroxylation is 1. The number of ether oxygens (including phenoxy) is 1. The monoisotopic (exact) mass is 485 g/mol. The van der Waals surface area contributed by atoms with Gasteiger partial charge in [0.2, 0.25) is 0 Å². The van der Waals surface area contributed by atoms with Gasteiger partial charge in [-0.05, 0) is 19.1 Å². The third-order valence-corrected chi connectivity index (χ3v) is 6.21. The molecule has 30 heavy (non-hydrogen) atoms. The first-order chi connectivity index (χ1) is 14.3. The van der Waals surface area contributed by atoms with Crippen molar-refractivity contribution in [2.75, 3.05) is 18.5 Å². The van der Waals surface area contributed by atoms with E-state index in [0.29, 0.717) is 20.6 Å². The summed E-state index contributed by atoms with van der Waals surface area (Å²) in [5.41, 5.74) is 0.482. The quantitative estimate of drug-likeness (QED) is 0.501. The number of benzene rings is 1. The van der Waals surface area contributed by atoms with E-state index in [0.717, 1.165) is 10.1 Å². The second-order valence-electron chi connectivity index (χ2n) is 6.02. The van der Waals surface area contributed by atoms with Gasteiger partial charge in [0, 0.05) is 10.1 Å². The zero-order valence-corrected chi connectivity index (χ0v) is 18.5. The van der Waals surface area contributed by atoms with E-state index in [9.17, 15) is 14.4 Å². The van der Waals surface area contributed by atoms with Crippen molar-refractivity contribution in [1.29, 1.82) is 0 Å². The number of carbonyl (C=O) groups is 3. The number of esters is 1. The fourth-order valence-electron chi connectivity index (χ4n) is 2.40. The maximum Gasteiger partial charge on any atom is 0.325 e. The smallest absolute Gasteiger partial charge is 0.325 e. The van der Waals surface area contributed by atoms with Crippen LogP contribution in [-0.2, 0) is 14.3 Å². The van der Waals surface area contributed by atoms with Crippen LogP contribution in [0.3, 0.4) is 0 Å². The molecule has 0 spiro atoms. The minimum Gasteiger partial charge on any atom is -0.454 e. The first kappa shape index (κ1) is 22.3. The largest absolute Gasteiger partial charge is 0.454 e. The molecule has 2 aromatic heterocycles. The molecular weight excluding hydrogens is 473 g/mol. The normalized spacial score (nSPS) is 10.7. The number of hydrogen-bond donors (Lipinski definition) is 2. The van der Waals surface area contributed by atoms with E-state index in [2.05, 4.69) is 15.6 Å². The van der Waals surface area contributed by atoms with Crippen molar-refractivity contribution in [1.82, 2.24) is 10.3 Å². The first-order valence-corrected chi connectivity index (χ1v) is 10.4.